The van der Waals surface area contributed by atoms with E-state index in [2.05, 4.69) is 10.3 Å². The van der Waals surface area contributed by atoms with Crippen LogP contribution in [0.5, 0.6) is 0 Å². The van der Waals surface area contributed by atoms with Crippen molar-refractivity contribution < 1.29 is 4.92 Å². The summed E-state index contributed by atoms with van der Waals surface area (Å²) in [6, 6.07) is 9.47. The van der Waals surface area contributed by atoms with Crippen LogP contribution in [-0.4, -0.2) is 9.91 Å². The van der Waals surface area contributed by atoms with Crippen LogP contribution in [0.4, 0.5) is 22.9 Å². The van der Waals surface area contributed by atoms with E-state index in [-0.39, 0.29) is 16.7 Å². The summed E-state index contributed by atoms with van der Waals surface area (Å²) >= 11 is 5.72. The summed E-state index contributed by atoms with van der Waals surface area (Å²) < 4.78 is 0. The predicted octanol–water partition coefficient (Wildman–Crippen LogP) is 2.97. The molecule has 1 aromatic carbocycles. The van der Waals surface area contributed by atoms with Crippen LogP contribution in [0.1, 0.15) is 0 Å². The lowest BCUT2D eigenvalue weighted by molar-refractivity contribution is -0.384. The van der Waals surface area contributed by atoms with Gasteiger partial charge < -0.3 is 11.1 Å². The van der Waals surface area contributed by atoms with E-state index in [1.54, 1.807) is 24.3 Å². The zero-order valence-corrected chi connectivity index (χ0v) is 9.89. The number of rotatable bonds is 3. The minimum Gasteiger partial charge on any atom is -0.399 e. The Labute approximate surface area is 108 Å². The van der Waals surface area contributed by atoms with Crippen LogP contribution in [0.25, 0.3) is 0 Å². The van der Waals surface area contributed by atoms with E-state index in [0.29, 0.717) is 11.4 Å². The lowest BCUT2D eigenvalue weighted by Gasteiger charge is -2.06. The lowest BCUT2D eigenvalue weighted by Crippen LogP contribution is -2.00. The molecule has 1 heterocycles. The maximum atomic E-state index is 10.8. The van der Waals surface area contributed by atoms with Crippen molar-refractivity contribution in [2.75, 3.05) is 11.1 Å². The summed E-state index contributed by atoms with van der Waals surface area (Å²) in [4.78, 5) is 14.2. The molecule has 2 rings (SSSR count). The zero-order valence-electron chi connectivity index (χ0n) is 9.13. The SMILES string of the molecule is Nc1cccc(Nc2nc(Cl)ccc2[N+](=O)[O-])c1. The number of pyridine rings is 1. The van der Waals surface area contributed by atoms with Gasteiger partial charge in [-0.2, -0.15) is 0 Å². The van der Waals surface area contributed by atoms with Crippen molar-refractivity contribution in [3.05, 3.63) is 51.7 Å². The second kappa shape index (κ2) is 4.89. The van der Waals surface area contributed by atoms with E-state index in [1.807, 2.05) is 0 Å². The van der Waals surface area contributed by atoms with Crippen molar-refractivity contribution in [1.82, 2.24) is 4.98 Å². The fraction of sp³-hybridized carbons (Fsp3) is 0. The third-order valence-corrected chi connectivity index (χ3v) is 2.40. The molecule has 0 spiro atoms. The van der Waals surface area contributed by atoms with Crippen LogP contribution < -0.4 is 11.1 Å². The summed E-state index contributed by atoms with van der Waals surface area (Å²) in [5.41, 5.74) is 6.62. The summed E-state index contributed by atoms with van der Waals surface area (Å²) in [5, 5.41) is 13.8. The van der Waals surface area contributed by atoms with Gasteiger partial charge in [0.05, 0.1) is 4.92 Å². The number of nitro groups is 1. The minimum absolute atomic E-state index is 0.0816. The topological polar surface area (TPSA) is 94.1 Å². The van der Waals surface area contributed by atoms with E-state index in [1.165, 1.54) is 12.1 Å². The van der Waals surface area contributed by atoms with Gasteiger partial charge in [-0.05, 0) is 24.3 Å². The minimum atomic E-state index is -0.530. The van der Waals surface area contributed by atoms with Crippen molar-refractivity contribution in [3.63, 3.8) is 0 Å². The van der Waals surface area contributed by atoms with Gasteiger partial charge in [-0.3, -0.25) is 10.1 Å². The van der Waals surface area contributed by atoms with Crippen molar-refractivity contribution in [2.45, 2.75) is 0 Å². The van der Waals surface area contributed by atoms with Crippen molar-refractivity contribution in [1.29, 1.82) is 0 Å². The second-order valence-electron chi connectivity index (χ2n) is 3.51. The van der Waals surface area contributed by atoms with E-state index < -0.39 is 4.92 Å². The number of anilines is 3. The third-order valence-electron chi connectivity index (χ3n) is 2.19. The van der Waals surface area contributed by atoms with Gasteiger partial charge in [0.1, 0.15) is 5.15 Å². The molecule has 0 atom stereocenters. The van der Waals surface area contributed by atoms with E-state index in [4.69, 9.17) is 17.3 Å². The van der Waals surface area contributed by atoms with Crippen LogP contribution in [0, 0.1) is 10.1 Å². The zero-order chi connectivity index (χ0) is 13.1. The summed E-state index contributed by atoms with van der Waals surface area (Å²) in [5.74, 6) is 0.0816. The molecular formula is C11H9ClN4O2. The van der Waals surface area contributed by atoms with Crippen LogP contribution in [-0.2, 0) is 0 Å². The maximum absolute atomic E-state index is 10.8. The Morgan fingerprint density at radius 3 is 2.78 bits per heavy atom. The molecule has 0 fully saturated rings. The number of hydrogen-bond acceptors (Lipinski definition) is 5. The number of benzene rings is 1. The Hall–Kier alpha value is -2.34. The van der Waals surface area contributed by atoms with Gasteiger partial charge in [0.2, 0.25) is 5.82 Å². The molecule has 0 amide bonds. The third kappa shape index (κ3) is 2.67. The number of halogens is 1. The van der Waals surface area contributed by atoms with Gasteiger partial charge in [-0.1, -0.05) is 17.7 Å². The molecule has 3 N–H and O–H groups in total. The monoisotopic (exact) mass is 264 g/mol. The molecule has 0 unspecified atom stereocenters. The van der Waals surface area contributed by atoms with Gasteiger partial charge in [-0.15, -0.1) is 0 Å². The van der Waals surface area contributed by atoms with Crippen LogP contribution in [0.15, 0.2) is 36.4 Å². The maximum Gasteiger partial charge on any atom is 0.311 e. The molecule has 92 valence electrons. The smallest absolute Gasteiger partial charge is 0.311 e. The largest absolute Gasteiger partial charge is 0.399 e. The second-order valence-corrected chi connectivity index (χ2v) is 3.90. The van der Waals surface area contributed by atoms with Gasteiger partial charge in [-0.25, -0.2) is 4.98 Å². The normalized spacial score (nSPS) is 10.1. The number of nitrogens with two attached hydrogens (primary N) is 1. The number of nitrogens with zero attached hydrogens (tertiary/aromatic N) is 2. The standard InChI is InChI=1S/C11H9ClN4O2/c12-10-5-4-9(16(17)18)11(15-10)14-8-3-1-2-7(13)6-8/h1-6H,13H2,(H,14,15). The highest BCUT2D eigenvalue weighted by molar-refractivity contribution is 6.29. The van der Waals surface area contributed by atoms with Crippen molar-refractivity contribution in [2.24, 2.45) is 0 Å². The molecule has 18 heavy (non-hydrogen) atoms. The van der Waals surface area contributed by atoms with Crippen LogP contribution in [0.2, 0.25) is 5.15 Å². The van der Waals surface area contributed by atoms with E-state index >= 15 is 0 Å². The predicted molar refractivity (Wildman–Crippen MR) is 70.0 cm³/mol. The average Bonchev–Trinajstić information content (AvgIpc) is 2.28. The highest BCUT2D eigenvalue weighted by Crippen LogP contribution is 2.27. The fourth-order valence-electron chi connectivity index (χ4n) is 1.42. The fourth-order valence-corrected chi connectivity index (χ4v) is 1.57. The van der Waals surface area contributed by atoms with Gasteiger partial charge in [0.25, 0.3) is 0 Å². The molecule has 0 saturated heterocycles. The van der Waals surface area contributed by atoms with Gasteiger partial charge in [0.15, 0.2) is 0 Å². The summed E-state index contributed by atoms with van der Waals surface area (Å²) in [6.07, 6.45) is 0. The first-order chi connectivity index (χ1) is 8.56. The molecule has 0 saturated carbocycles. The molecule has 1 aromatic heterocycles. The Kier molecular flexibility index (Phi) is 3.29. The lowest BCUT2D eigenvalue weighted by atomic mass is 10.3. The molecule has 0 aliphatic heterocycles. The van der Waals surface area contributed by atoms with E-state index in [9.17, 15) is 10.1 Å². The first kappa shape index (κ1) is 12.1. The first-order valence-electron chi connectivity index (χ1n) is 5.00. The number of nitrogens with one attached hydrogen (secondary N) is 1. The number of aromatic nitrogens is 1. The van der Waals surface area contributed by atoms with Crippen molar-refractivity contribution >= 4 is 34.5 Å². The first-order valence-corrected chi connectivity index (χ1v) is 5.37. The molecular weight excluding hydrogens is 256 g/mol. The molecule has 7 heteroatoms. The van der Waals surface area contributed by atoms with Crippen LogP contribution >= 0.6 is 11.6 Å². The Morgan fingerprint density at radius 1 is 1.33 bits per heavy atom. The summed E-state index contributed by atoms with van der Waals surface area (Å²) in [6.45, 7) is 0. The molecule has 2 aromatic rings. The van der Waals surface area contributed by atoms with Gasteiger partial charge in [0, 0.05) is 17.4 Å². The quantitative estimate of drug-likeness (QED) is 0.385. The molecule has 0 radical (unpaired) electrons. The highest BCUT2D eigenvalue weighted by atomic mass is 35.5. The average molecular weight is 265 g/mol. The molecule has 0 bridgehead atoms. The number of nitrogen functional groups attached to an aromatic ring is 1. The molecule has 6 nitrogen and oxygen atoms in total. The Bertz CT molecular complexity index is 603. The number of hydrogen-bond donors (Lipinski definition) is 2. The van der Waals surface area contributed by atoms with E-state index in [0.717, 1.165) is 0 Å². The molecule has 0 aliphatic rings. The molecule has 0 aliphatic carbocycles. The summed E-state index contributed by atoms with van der Waals surface area (Å²) in [7, 11) is 0. The highest BCUT2D eigenvalue weighted by Gasteiger charge is 2.15. The van der Waals surface area contributed by atoms with Crippen molar-refractivity contribution in [3.8, 4) is 0 Å². The van der Waals surface area contributed by atoms with Crippen LogP contribution in [0.3, 0.4) is 0 Å². The Balaban J connectivity index is 2.39. The van der Waals surface area contributed by atoms with Gasteiger partial charge >= 0.3 is 5.69 Å². The Morgan fingerprint density at radius 2 is 2.11 bits per heavy atom.